The van der Waals surface area contributed by atoms with Gasteiger partial charge in [-0.25, -0.2) is 0 Å². The topological polar surface area (TPSA) is 61.9 Å². The van der Waals surface area contributed by atoms with Gasteiger partial charge in [0.15, 0.2) is 0 Å². The standard InChI is InChI=1S/C18H27N3O3/c1-18(2,3)17(23)20(4)13-16(22)19-14-5-7-15(8-6-14)21-9-11-24-12-10-21/h5-8H,9-13H2,1-4H3,(H,19,22). The Kier molecular flexibility index (Phi) is 5.83. The number of carbonyl (C=O) groups is 2. The lowest BCUT2D eigenvalue weighted by molar-refractivity contribution is -0.140. The summed E-state index contributed by atoms with van der Waals surface area (Å²) in [4.78, 5) is 27.9. The van der Waals surface area contributed by atoms with E-state index in [0.29, 0.717) is 0 Å². The zero-order chi connectivity index (χ0) is 17.7. The van der Waals surface area contributed by atoms with Gasteiger partial charge < -0.3 is 19.9 Å². The van der Waals surface area contributed by atoms with Gasteiger partial charge in [0, 0.05) is 36.9 Å². The van der Waals surface area contributed by atoms with Crippen LogP contribution in [0.3, 0.4) is 0 Å². The summed E-state index contributed by atoms with van der Waals surface area (Å²) in [6.45, 7) is 8.81. The number of hydrogen-bond acceptors (Lipinski definition) is 4. The SMILES string of the molecule is CN(CC(=O)Nc1ccc(N2CCOCC2)cc1)C(=O)C(C)(C)C. The summed E-state index contributed by atoms with van der Waals surface area (Å²) in [5.41, 5.74) is 1.36. The normalized spacial score (nSPS) is 15.1. The number of carbonyl (C=O) groups excluding carboxylic acids is 2. The molecule has 1 aliphatic heterocycles. The average molecular weight is 333 g/mol. The number of ether oxygens (including phenoxy) is 1. The van der Waals surface area contributed by atoms with Gasteiger partial charge in [0.05, 0.1) is 19.8 Å². The van der Waals surface area contributed by atoms with E-state index in [0.717, 1.165) is 37.7 Å². The summed E-state index contributed by atoms with van der Waals surface area (Å²) in [6.07, 6.45) is 0. The third-order valence-electron chi connectivity index (χ3n) is 3.90. The molecule has 6 heteroatoms. The lowest BCUT2D eigenvalue weighted by Crippen LogP contribution is -2.41. The van der Waals surface area contributed by atoms with Crippen molar-refractivity contribution < 1.29 is 14.3 Å². The monoisotopic (exact) mass is 333 g/mol. The van der Waals surface area contributed by atoms with Crippen molar-refractivity contribution in [2.75, 3.05) is 50.1 Å². The van der Waals surface area contributed by atoms with E-state index in [1.54, 1.807) is 7.05 Å². The van der Waals surface area contributed by atoms with Crippen molar-refractivity contribution in [1.29, 1.82) is 0 Å². The van der Waals surface area contributed by atoms with Crippen LogP contribution in [-0.2, 0) is 14.3 Å². The maximum absolute atomic E-state index is 12.1. The predicted octanol–water partition coefficient (Wildman–Crippen LogP) is 1.97. The summed E-state index contributed by atoms with van der Waals surface area (Å²) in [5.74, 6) is -0.255. The van der Waals surface area contributed by atoms with Crippen molar-refractivity contribution in [3.63, 3.8) is 0 Å². The van der Waals surface area contributed by atoms with Crippen LogP contribution in [0, 0.1) is 5.41 Å². The molecule has 2 amide bonds. The van der Waals surface area contributed by atoms with Crippen LogP contribution in [0.4, 0.5) is 11.4 Å². The molecule has 1 fully saturated rings. The largest absolute Gasteiger partial charge is 0.378 e. The van der Waals surface area contributed by atoms with E-state index in [1.165, 1.54) is 4.90 Å². The Morgan fingerprint density at radius 3 is 2.29 bits per heavy atom. The lowest BCUT2D eigenvalue weighted by atomic mass is 9.95. The highest BCUT2D eigenvalue weighted by molar-refractivity contribution is 5.95. The number of nitrogens with zero attached hydrogens (tertiary/aromatic N) is 2. The molecule has 1 heterocycles. The van der Waals surface area contributed by atoms with Gasteiger partial charge in [-0.05, 0) is 24.3 Å². The molecule has 132 valence electrons. The van der Waals surface area contributed by atoms with E-state index in [-0.39, 0.29) is 18.4 Å². The minimum absolute atomic E-state index is 0.0430. The minimum atomic E-state index is -0.491. The maximum atomic E-state index is 12.1. The Hall–Kier alpha value is -2.08. The van der Waals surface area contributed by atoms with Crippen molar-refractivity contribution in [2.45, 2.75) is 20.8 Å². The van der Waals surface area contributed by atoms with Gasteiger partial charge >= 0.3 is 0 Å². The molecule has 1 aromatic rings. The van der Waals surface area contributed by atoms with Gasteiger partial charge in [-0.15, -0.1) is 0 Å². The number of nitrogens with one attached hydrogen (secondary N) is 1. The molecule has 1 N–H and O–H groups in total. The van der Waals surface area contributed by atoms with Crippen LogP contribution >= 0.6 is 0 Å². The molecular formula is C18H27N3O3. The number of anilines is 2. The molecule has 1 aromatic carbocycles. The molecule has 24 heavy (non-hydrogen) atoms. The summed E-state index contributed by atoms with van der Waals surface area (Å²) >= 11 is 0. The quantitative estimate of drug-likeness (QED) is 0.915. The number of morpholine rings is 1. The smallest absolute Gasteiger partial charge is 0.243 e. The van der Waals surface area contributed by atoms with Gasteiger partial charge in [0.25, 0.3) is 0 Å². The zero-order valence-electron chi connectivity index (χ0n) is 15.0. The van der Waals surface area contributed by atoms with Gasteiger partial charge in [0.1, 0.15) is 0 Å². The van der Waals surface area contributed by atoms with Crippen molar-refractivity contribution in [2.24, 2.45) is 5.41 Å². The first-order chi connectivity index (χ1) is 11.3. The van der Waals surface area contributed by atoms with Crippen molar-refractivity contribution in [3.05, 3.63) is 24.3 Å². The van der Waals surface area contributed by atoms with Crippen LogP contribution in [0.2, 0.25) is 0 Å². The molecule has 2 rings (SSSR count). The van der Waals surface area contributed by atoms with Crippen LogP contribution in [0.5, 0.6) is 0 Å². The molecule has 1 saturated heterocycles. The highest BCUT2D eigenvalue weighted by atomic mass is 16.5. The third kappa shape index (κ3) is 4.96. The van der Waals surface area contributed by atoms with E-state index in [4.69, 9.17) is 4.74 Å². The molecule has 6 nitrogen and oxygen atoms in total. The van der Waals surface area contributed by atoms with E-state index in [1.807, 2.05) is 45.0 Å². The third-order valence-corrected chi connectivity index (χ3v) is 3.90. The molecule has 0 radical (unpaired) electrons. The molecule has 0 aromatic heterocycles. The van der Waals surface area contributed by atoms with Gasteiger partial charge in [-0.1, -0.05) is 20.8 Å². The number of rotatable bonds is 4. The highest BCUT2D eigenvalue weighted by Crippen LogP contribution is 2.19. The Balaban J connectivity index is 1.88. The number of benzene rings is 1. The molecule has 0 saturated carbocycles. The Morgan fingerprint density at radius 2 is 1.75 bits per heavy atom. The van der Waals surface area contributed by atoms with Gasteiger partial charge in [-0.3, -0.25) is 9.59 Å². The van der Waals surface area contributed by atoms with Crippen LogP contribution in [0.1, 0.15) is 20.8 Å². The maximum Gasteiger partial charge on any atom is 0.243 e. The van der Waals surface area contributed by atoms with Crippen LogP contribution in [-0.4, -0.2) is 56.6 Å². The first-order valence-electron chi connectivity index (χ1n) is 8.25. The molecule has 0 bridgehead atoms. The van der Waals surface area contributed by atoms with Crippen LogP contribution in [0.15, 0.2) is 24.3 Å². The lowest BCUT2D eigenvalue weighted by Gasteiger charge is -2.29. The van der Waals surface area contributed by atoms with Crippen LogP contribution < -0.4 is 10.2 Å². The summed E-state index contributed by atoms with van der Waals surface area (Å²) in [7, 11) is 1.65. The summed E-state index contributed by atoms with van der Waals surface area (Å²) in [5, 5.41) is 2.83. The molecule has 1 aliphatic rings. The number of likely N-dealkylation sites (N-methyl/N-ethyl adjacent to an activating group) is 1. The first-order valence-corrected chi connectivity index (χ1v) is 8.25. The second kappa shape index (κ2) is 7.66. The van der Waals surface area contributed by atoms with Crippen LogP contribution in [0.25, 0.3) is 0 Å². The Labute approximate surface area is 143 Å². The molecule has 0 atom stereocenters. The van der Waals surface area contributed by atoms with E-state index in [9.17, 15) is 9.59 Å². The van der Waals surface area contributed by atoms with Crippen molar-refractivity contribution >= 4 is 23.2 Å². The van der Waals surface area contributed by atoms with Crippen molar-refractivity contribution in [1.82, 2.24) is 4.90 Å². The van der Waals surface area contributed by atoms with Gasteiger partial charge in [0.2, 0.25) is 11.8 Å². The average Bonchev–Trinajstić information content (AvgIpc) is 2.54. The van der Waals surface area contributed by atoms with E-state index < -0.39 is 5.41 Å². The molecule has 0 spiro atoms. The fourth-order valence-electron chi connectivity index (χ4n) is 2.64. The number of hydrogen-bond donors (Lipinski definition) is 1. The highest BCUT2D eigenvalue weighted by Gasteiger charge is 2.26. The summed E-state index contributed by atoms with van der Waals surface area (Å²) < 4.78 is 5.35. The van der Waals surface area contributed by atoms with Crippen molar-refractivity contribution in [3.8, 4) is 0 Å². The van der Waals surface area contributed by atoms with Gasteiger partial charge in [-0.2, -0.15) is 0 Å². The molecular weight excluding hydrogens is 306 g/mol. The minimum Gasteiger partial charge on any atom is -0.378 e. The fourth-order valence-corrected chi connectivity index (χ4v) is 2.64. The second-order valence-corrected chi connectivity index (χ2v) is 7.11. The molecule has 0 aliphatic carbocycles. The van der Waals surface area contributed by atoms with E-state index in [2.05, 4.69) is 10.2 Å². The fraction of sp³-hybridized carbons (Fsp3) is 0.556. The number of amides is 2. The molecule has 0 unspecified atom stereocenters. The second-order valence-electron chi connectivity index (χ2n) is 7.11. The first kappa shape index (κ1) is 18.3. The predicted molar refractivity (Wildman–Crippen MR) is 95.2 cm³/mol. The Morgan fingerprint density at radius 1 is 1.17 bits per heavy atom. The Bertz CT molecular complexity index is 572. The van der Waals surface area contributed by atoms with E-state index >= 15 is 0 Å². The summed E-state index contributed by atoms with van der Waals surface area (Å²) in [6, 6.07) is 7.75. The zero-order valence-corrected chi connectivity index (χ0v) is 15.0.